The first kappa shape index (κ1) is 22.2. The van der Waals surface area contributed by atoms with E-state index in [0.717, 1.165) is 11.1 Å². The smallest absolute Gasteiger partial charge is 0.259 e. The molecule has 2 aliphatic heterocycles. The largest absolute Gasteiger partial charge is 0.440 e. The second-order valence-corrected chi connectivity index (χ2v) is 8.83. The summed E-state index contributed by atoms with van der Waals surface area (Å²) in [6.07, 6.45) is 1.61. The molecule has 7 heteroatoms. The summed E-state index contributed by atoms with van der Waals surface area (Å²) < 4.78 is 7.29. The number of anilines is 1. The molecule has 1 amide bonds. The Morgan fingerprint density at radius 2 is 1.86 bits per heavy atom. The molecule has 35 heavy (non-hydrogen) atoms. The average Bonchev–Trinajstić information content (AvgIpc) is 3.07. The molecule has 3 aromatic rings. The Balaban J connectivity index is 1.83. The molecule has 7 nitrogen and oxygen atoms in total. The molecule has 1 atom stereocenters. The van der Waals surface area contributed by atoms with Gasteiger partial charge in [-0.3, -0.25) is 9.59 Å². The maximum Gasteiger partial charge on any atom is 0.259 e. The lowest BCUT2D eigenvalue weighted by atomic mass is 9.69. The molecule has 0 bridgehead atoms. The number of carbonyl (C=O) groups is 1. The predicted molar refractivity (Wildman–Crippen MR) is 133 cm³/mol. The van der Waals surface area contributed by atoms with Gasteiger partial charge in [0.15, 0.2) is 5.41 Å². The van der Waals surface area contributed by atoms with Crippen molar-refractivity contribution in [2.75, 3.05) is 4.90 Å². The Kier molecular flexibility index (Phi) is 5.10. The Bertz CT molecular complexity index is 1530. The Hall–Kier alpha value is -4.57. The van der Waals surface area contributed by atoms with Crippen LogP contribution in [0.4, 0.5) is 5.69 Å². The first-order valence-corrected chi connectivity index (χ1v) is 11.3. The Labute approximate surface area is 203 Å². The van der Waals surface area contributed by atoms with E-state index in [1.54, 1.807) is 36.1 Å². The van der Waals surface area contributed by atoms with E-state index in [9.17, 15) is 14.9 Å². The maximum atomic E-state index is 14.5. The number of rotatable bonds is 4. The van der Waals surface area contributed by atoms with E-state index in [1.807, 2.05) is 43.3 Å². The van der Waals surface area contributed by atoms with Gasteiger partial charge in [0.25, 0.3) is 5.56 Å². The number of hydrogen-bond donors (Lipinski definition) is 1. The van der Waals surface area contributed by atoms with Crippen molar-refractivity contribution in [3.05, 3.63) is 117 Å². The second-order valence-electron chi connectivity index (χ2n) is 8.83. The van der Waals surface area contributed by atoms with Crippen LogP contribution in [0.5, 0.6) is 5.75 Å². The van der Waals surface area contributed by atoms with E-state index in [2.05, 4.69) is 12.6 Å². The number of aryl methyl sites for hydroxylation is 2. The highest BCUT2D eigenvalue weighted by atomic mass is 16.5. The third-order valence-corrected chi connectivity index (χ3v) is 6.74. The summed E-state index contributed by atoms with van der Waals surface area (Å²) in [6.45, 7) is 8.05. The van der Waals surface area contributed by atoms with Gasteiger partial charge in [0, 0.05) is 29.6 Å². The predicted octanol–water partition coefficient (Wildman–Crippen LogP) is 3.57. The number of carbonyl (C=O) groups excluding carboxylic acids is 1. The topological polar surface area (TPSA) is 101 Å². The molecule has 1 spiro atoms. The van der Waals surface area contributed by atoms with Crippen LogP contribution in [0.2, 0.25) is 0 Å². The zero-order valence-electron chi connectivity index (χ0n) is 19.5. The van der Waals surface area contributed by atoms with E-state index in [1.165, 1.54) is 4.57 Å². The van der Waals surface area contributed by atoms with E-state index < -0.39 is 16.9 Å². The molecule has 0 saturated carbocycles. The number of nitrogens with zero attached hydrogens (tertiary/aromatic N) is 3. The fourth-order valence-electron chi connectivity index (χ4n) is 5.11. The van der Waals surface area contributed by atoms with Gasteiger partial charge in [-0.05, 0) is 25.5 Å². The van der Waals surface area contributed by atoms with Gasteiger partial charge in [-0.25, -0.2) is 0 Å². The number of benzene rings is 2. The summed E-state index contributed by atoms with van der Waals surface area (Å²) >= 11 is 0. The van der Waals surface area contributed by atoms with Crippen molar-refractivity contribution in [1.29, 1.82) is 5.26 Å². The van der Waals surface area contributed by atoms with Crippen LogP contribution >= 0.6 is 0 Å². The second kappa shape index (κ2) is 8.03. The third kappa shape index (κ3) is 3.03. The van der Waals surface area contributed by atoms with Gasteiger partial charge in [0.2, 0.25) is 11.8 Å². The SMILES string of the molecule is C=CCn1c(C)cc2c(c1=O)C1(C(=O)N(Cc3ccc(C)cc3)c3ccccc31)C(C#N)=C(N)O2. The summed E-state index contributed by atoms with van der Waals surface area (Å²) in [5.41, 5.74) is 7.94. The molecule has 0 saturated heterocycles. The van der Waals surface area contributed by atoms with Gasteiger partial charge >= 0.3 is 0 Å². The fraction of sp³-hybridized carbons (Fsp3) is 0.179. The number of hydrogen-bond acceptors (Lipinski definition) is 5. The molecular formula is C28H24N4O3. The first-order valence-electron chi connectivity index (χ1n) is 11.3. The number of nitriles is 1. The molecule has 174 valence electrons. The van der Waals surface area contributed by atoms with E-state index >= 15 is 0 Å². The normalized spacial score (nSPS) is 18.2. The Morgan fingerprint density at radius 3 is 2.54 bits per heavy atom. The summed E-state index contributed by atoms with van der Waals surface area (Å²) in [4.78, 5) is 30.0. The molecule has 3 heterocycles. The van der Waals surface area contributed by atoms with Crippen molar-refractivity contribution in [2.24, 2.45) is 5.73 Å². The highest BCUT2D eigenvalue weighted by Gasteiger charge is 2.60. The number of pyridine rings is 1. The van der Waals surface area contributed by atoms with Crippen LogP contribution in [0.1, 0.15) is 27.9 Å². The molecular weight excluding hydrogens is 440 g/mol. The van der Waals surface area contributed by atoms with Crippen molar-refractivity contribution in [1.82, 2.24) is 4.57 Å². The molecule has 2 N–H and O–H groups in total. The third-order valence-electron chi connectivity index (χ3n) is 6.74. The van der Waals surface area contributed by atoms with E-state index in [4.69, 9.17) is 10.5 Å². The lowest BCUT2D eigenvalue weighted by molar-refractivity contribution is -0.121. The number of ether oxygens (including phenoxy) is 1. The molecule has 0 aliphatic carbocycles. The zero-order chi connectivity index (χ0) is 24.9. The summed E-state index contributed by atoms with van der Waals surface area (Å²) in [6, 6.07) is 18.9. The number of fused-ring (bicyclic) bond motifs is 4. The molecule has 2 aromatic carbocycles. The average molecular weight is 465 g/mol. The number of para-hydroxylation sites is 1. The number of nitrogens with two attached hydrogens (primary N) is 1. The highest BCUT2D eigenvalue weighted by Crippen LogP contribution is 2.54. The fourth-order valence-corrected chi connectivity index (χ4v) is 5.11. The first-order chi connectivity index (χ1) is 16.8. The minimum Gasteiger partial charge on any atom is -0.440 e. The standard InChI is InChI=1S/C28H24N4O3/c1-4-13-31-18(3)14-23-24(26(31)33)28(21(15-29)25(30)35-23)20-7-5-6-8-22(20)32(27(28)34)16-19-11-9-17(2)10-12-19/h4-12,14H,1,13,16,30H2,2-3H3. The van der Waals surface area contributed by atoms with Gasteiger partial charge in [0.1, 0.15) is 17.4 Å². The molecule has 5 rings (SSSR count). The van der Waals surface area contributed by atoms with Gasteiger partial charge in [-0.2, -0.15) is 5.26 Å². The van der Waals surface area contributed by atoms with E-state index in [-0.39, 0.29) is 35.9 Å². The van der Waals surface area contributed by atoms with Crippen molar-refractivity contribution < 1.29 is 9.53 Å². The molecule has 1 unspecified atom stereocenters. The van der Waals surface area contributed by atoms with Gasteiger partial charge in [-0.1, -0.05) is 54.1 Å². The summed E-state index contributed by atoms with van der Waals surface area (Å²) in [5.74, 6) is -0.403. The van der Waals surface area contributed by atoms with Crippen molar-refractivity contribution in [3.8, 4) is 11.8 Å². The molecule has 2 aliphatic rings. The highest BCUT2D eigenvalue weighted by molar-refractivity contribution is 6.14. The molecule has 1 aromatic heterocycles. The maximum absolute atomic E-state index is 14.5. The van der Waals surface area contributed by atoms with Crippen LogP contribution in [-0.4, -0.2) is 10.5 Å². The zero-order valence-corrected chi connectivity index (χ0v) is 19.5. The van der Waals surface area contributed by atoms with Gasteiger partial charge < -0.3 is 19.9 Å². The van der Waals surface area contributed by atoms with Crippen LogP contribution in [0.15, 0.2) is 83.5 Å². The lowest BCUT2D eigenvalue weighted by Crippen LogP contribution is -2.49. The van der Waals surface area contributed by atoms with Crippen molar-refractivity contribution in [2.45, 2.75) is 32.4 Å². The monoisotopic (exact) mass is 464 g/mol. The summed E-state index contributed by atoms with van der Waals surface area (Å²) in [5, 5.41) is 10.2. The lowest BCUT2D eigenvalue weighted by Gasteiger charge is -2.34. The van der Waals surface area contributed by atoms with Crippen molar-refractivity contribution in [3.63, 3.8) is 0 Å². The summed E-state index contributed by atoms with van der Waals surface area (Å²) in [7, 11) is 0. The van der Waals surface area contributed by atoms with Gasteiger partial charge in [0.05, 0.1) is 12.1 Å². The Morgan fingerprint density at radius 1 is 1.14 bits per heavy atom. The number of allylic oxidation sites excluding steroid dienone is 1. The van der Waals surface area contributed by atoms with Crippen LogP contribution < -0.4 is 20.9 Å². The number of aromatic nitrogens is 1. The van der Waals surface area contributed by atoms with Crippen LogP contribution in [0.3, 0.4) is 0 Å². The minimum absolute atomic E-state index is 0.0834. The van der Waals surface area contributed by atoms with Gasteiger partial charge in [-0.15, -0.1) is 6.58 Å². The minimum atomic E-state index is -1.71. The van der Waals surface area contributed by atoms with Crippen LogP contribution in [0.25, 0.3) is 0 Å². The van der Waals surface area contributed by atoms with Crippen molar-refractivity contribution >= 4 is 11.6 Å². The van der Waals surface area contributed by atoms with E-state index in [0.29, 0.717) is 16.9 Å². The van der Waals surface area contributed by atoms with Crippen LogP contribution in [-0.2, 0) is 23.3 Å². The molecule has 0 radical (unpaired) electrons. The number of amides is 1. The quantitative estimate of drug-likeness (QED) is 0.595. The van der Waals surface area contributed by atoms with Crippen LogP contribution in [0, 0.1) is 25.2 Å². The molecule has 0 fully saturated rings.